The largest absolute Gasteiger partial charge is 0.483 e. The molecule has 0 N–H and O–H groups in total. The summed E-state index contributed by atoms with van der Waals surface area (Å²) in [6.07, 6.45) is 0. The number of rotatable bonds is 3. The summed E-state index contributed by atoms with van der Waals surface area (Å²) in [5.41, 5.74) is 4.16. The lowest BCUT2D eigenvalue weighted by Crippen LogP contribution is -1.97. The third-order valence-electron chi connectivity index (χ3n) is 3.32. The highest BCUT2D eigenvalue weighted by molar-refractivity contribution is 5.86. The van der Waals surface area contributed by atoms with Gasteiger partial charge in [-0.15, -0.1) is 0 Å². The molecule has 0 spiro atoms. The monoisotopic (exact) mass is 277 g/mol. The minimum Gasteiger partial charge on any atom is -0.483 e. The van der Waals surface area contributed by atoms with Crippen molar-refractivity contribution in [2.75, 3.05) is 0 Å². The van der Waals surface area contributed by atoms with Gasteiger partial charge >= 0.3 is 0 Å². The average Bonchev–Trinajstić information content (AvgIpc) is 2.82. The van der Waals surface area contributed by atoms with Crippen LogP contribution in [0.15, 0.2) is 46.9 Å². The third kappa shape index (κ3) is 2.61. The van der Waals surface area contributed by atoms with E-state index in [1.807, 2.05) is 24.3 Å². The first-order valence-corrected chi connectivity index (χ1v) is 6.79. The SMILES string of the molecule is Cc1cc(C)cc(COc2c(C#N)oc3ccccc23)c1. The fraction of sp³-hybridized carbons (Fsp3) is 0.167. The van der Waals surface area contributed by atoms with Gasteiger partial charge in [0.05, 0.1) is 5.39 Å². The van der Waals surface area contributed by atoms with Gasteiger partial charge in [-0.25, -0.2) is 0 Å². The lowest BCUT2D eigenvalue weighted by atomic mass is 10.1. The maximum absolute atomic E-state index is 9.18. The van der Waals surface area contributed by atoms with Crippen LogP contribution in [0.2, 0.25) is 0 Å². The maximum atomic E-state index is 9.18. The van der Waals surface area contributed by atoms with E-state index in [2.05, 4.69) is 38.1 Å². The first-order chi connectivity index (χ1) is 10.2. The topological polar surface area (TPSA) is 46.2 Å². The number of fused-ring (bicyclic) bond motifs is 1. The molecular weight excluding hydrogens is 262 g/mol. The van der Waals surface area contributed by atoms with Crippen molar-refractivity contribution in [1.29, 1.82) is 5.26 Å². The summed E-state index contributed by atoms with van der Waals surface area (Å²) < 4.78 is 11.4. The molecule has 0 amide bonds. The lowest BCUT2D eigenvalue weighted by Gasteiger charge is -2.07. The van der Waals surface area contributed by atoms with Gasteiger partial charge in [-0.3, -0.25) is 0 Å². The Hall–Kier alpha value is -2.73. The maximum Gasteiger partial charge on any atom is 0.246 e. The number of aryl methyl sites for hydroxylation is 2. The van der Waals surface area contributed by atoms with Gasteiger partial charge in [0.15, 0.2) is 5.75 Å². The number of benzene rings is 2. The summed E-state index contributed by atoms with van der Waals surface area (Å²) in [7, 11) is 0. The van der Waals surface area contributed by atoms with E-state index in [-0.39, 0.29) is 5.76 Å². The molecule has 3 nitrogen and oxygen atoms in total. The molecular formula is C18H15NO2. The minimum absolute atomic E-state index is 0.223. The summed E-state index contributed by atoms with van der Waals surface area (Å²) in [5, 5.41) is 10.0. The van der Waals surface area contributed by atoms with Crippen molar-refractivity contribution >= 4 is 11.0 Å². The van der Waals surface area contributed by atoms with Crippen LogP contribution in [-0.4, -0.2) is 0 Å². The van der Waals surface area contributed by atoms with Gasteiger partial charge in [0.1, 0.15) is 18.3 Å². The van der Waals surface area contributed by atoms with Crippen molar-refractivity contribution in [1.82, 2.24) is 0 Å². The molecule has 2 aromatic carbocycles. The Morgan fingerprint density at radius 2 is 1.81 bits per heavy atom. The first kappa shape index (κ1) is 13.3. The summed E-state index contributed by atoms with van der Waals surface area (Å²) >= 11 is 0. The highest BCUT2D eigenvalue weighted by Gasteiger charge is 2.15. The van der Waals surface area contributed by atoms with Crippen LogP contribution >= 0.6 is 0 Å². The predicted octanol–water partition coefficient (Wildman–Crippen LogP) is 4.50. The molecule has 3 heteroatoms. The van der Waals surface area contributed by atoms with E-state index >= 15 is 0 Å². The minimum atomic E-state index is 0.223. The molecule has 0 radical (unpaired) electrons. The fourth-order valence-electron chi connectivity index (χ4n) is 2.55. The van der Waals surface area contributed by atoms with Crippen molar-refractivity contribution in [2.45, 2.75) is 20.5 Å². The standard InChI is InChI=1S/C18H15NO2/c1-12-7-13(2)9-14(8-12)11-20-18-15-5-3-4-6-16(15)21-17(18)10-19/h3-9H,11H2,1-2H3. The zero-order chi connectivity index (χ0) is 14.8. The number of hydrogen-bond acceptors (Lipinski definition) is 3. The smallest absolute Gasteiger partial charge is 0.246 e. The zero-order valence-electron chi connectivity index (χ0n) is 12.0. The van der Waals surface area contributed by atoms with Crippen LogP contribution in [0.3, 0.4) is 0 Å². The second-order valence-electron chi connectivity index (χ2n) is 5.15. The molecule has 0 unspecified atom stereocenters. The Bertz CT molecular complexity index is 820. The molecule has 0 fully saturated rings. The highest BCUT2D eigenvalue weighted by Crippen LogP contribution is 2.33. The van der Waals surface area contributed by atoms with Gasteiger partial charge in [-0.1, -0.05) is 41.5 Å². The van der Waals surface area contributed by atoms with Crippen LogP contribution in [0.1, 0.15) is 22.5 Å². The van der Waals surface area contributed by atoms with Crippen molar-refractivity contribution in [3.63, 3.8) is 0 Å². The molecule has 0 aliphatic rings. The van der Waals surface area contributed by atoms with Gasteiger partial charge in [0, 0.05) is 0 Å². The Morgan fingerprint density at radius 1 is 1.10 bits per heavy atom. The van der Waals surface area contributed by atoms with Gasteiger partial charge in [0.25, 0.3) is 0 Å². The van der Waals surface area contributed by atoms with Crippen LogP contribution in [-0.2, 0) is 6.61 Å². The van der Waals surface area contributed by atoms with Crippen LogP contribution in [0, 0.1) is 25.2 Å². The molecule has 0 aliphatic carbocycles. The number of ether oxygens (including phenoxy) is 1. The van der Waals surface area contributed by atoms with Crippen molar-refractivity contribution in [3.05, 3.63) is 64.9 Å². The van der Waals surface area contributed by atoms with Crippen LogP contribution in [0.4, 0.5) is 0 Å². The first-order valence-electron chi connectivity index (χ1n) is 6.79. The molecule has 0 bridgehead atoms. The predicted molar refractivity (Wildman–Crippen MR) is 81.2 cm³/mol. The van der Waals surface area contributed by atoms with E-state index in [0.717, 1.165) is 10.9 Å². The quantitative estimate of drug-likeness (QED) is 0.708. The van der Waals surface area contributed by atoms with Crippen molar-refractivity contribution in [3.8, 4) is 11.8 Å². The molecule has 0 saturated carbocycles. The Morgan fingerprint density at radius 3 is 2.52 bits per heavy atom. The third-order valence-corrected chi connectivity index (χ3v) is 3.32. The Labute approximate surface area is 123 Å². The molecule has 1 heterocycles. The van der Waals surface area contributed by atoms with E-state index < -0.39 is 0 Å². The molecule has 0 saturated heterocycles. The zero-order valence-corrected chi connectivity index (χ0v) is 12.0. The van der Waals surface area contributed by atoms with E-state index in [1.165, 1.54) is 11.1 Å². The van der Waals surface area contributed by atoms with Crippen LogP contribution in [0.5, 0.6) is 5.75 Å². The number of nitrogens with zero attached hydrogens (tertiary/aromatic N) is 1. The summed E-state index contributed by atoms with van der Waals surface area (Å²) in [6, 6.07) is 15.9. The average molecular weight is 277 g/mol. The highest BCUT2D eigenvalue weighted by atomic mass is 16.5. The molecule has 1 aromatic heterocycles. The van der Waals surface area contributed by atoms with Gasteiger partial charge in [-0.05, 0) is 31.5 Å². The van der Waals surface area contributed by atoms with Gasteiger partial charge in [0.2, 0.25) is 5.76 Å². The van der Waals surface area contributed by atoms with Crippen molar-refractivity contribution < 1.29 is 9.15 Å². The summed E-state index contributed by atoms with van der Waals surface area (Å²) in [6.45, 7) is 4.54. The number of para-hydroxylation sites is 1. The molecule has 0 atom stereocenters. The number of furan rings is 1. The lowest BCUT2D eigenvalue weighted by molar-refractivity contribution is 0.303. The molecule has 3 rings (SSSR count). The summed E-state index contributed by atoms with van der Waals surface area (Å²) in [5.74, 6) is 0.743. The van der Waals surface area contributed by atoms with Crippen LogP contribution in [0.25, 0.3) is 11.0 Å². The molecule has 0 aliphatic heterocycles. The molecule has 21 heavy (non-hydrogen) atoms. The normalized spacial score (nSPS) is 10.5. The van der Waals surface area contributed by atoms with E-state index in [9.17, 15) is 5.26 Å². The molecule has 3 aromatic rings. The van der Waals surface area contributed by atoms with Crippen LogP contribution < -0.4 is 4.74 Å². The van der Waals surface area contributed by atoms with E-state index in [1.54, 1.807) is 0 Å². The fourth-order valence-corrected chi connectivity index (χ4v) is 2.55. The second kappa shape index (κ2) is 5.34. The number of hydrogen-bond donors (Lipinski definition) is 0. The van der Waals surface area contributed by atoms with Crippen molar-refractivity contribution in [2.24, 2.45) is 0 Å². The van der Waals surface area contributed by atoms with E-state index in [0.29, 0.717) is 17.9 Å². The second-order valence-corrected chi connectivity index (χ2v) is 5.15. The van der Waals surface area contributed by atoms with Gasteiger partial charge in [-0.2, -0.15) is 5.26 Å². The number of nitriles is 1. The van der Waals surface area contributed by atoms with E-state index in [4.69, 9.17) is 9.15 Å². The Kier molecular flexibility index (Phi) is 3.37. The Balaban J connectivity index is 1.93. The molecule has 104 valence electrons. The van der Waals surface area contributed by atoms with Gasteiger partial charge < -0.3 is 9.15 Å². The summed E-state index contributed by atoms with van der Waals surface area (Å²) in [4.78, 5) is 0.